The smallest absolute Gasteiger partial charge is 0.0940 e. The van der Waals surface area contributed by atoms with Crippen LogP contribution in [0.2, 0.25) is 0 Å². The third-order valence-corrected chi connectivity index (χ3v) is 4.26. The van der Waals surface area contributed by atoms with Gasteiger partial charge in [0.1, 0.15) is 0 Å². The summed E-state index contributed by atoms with van der Waals surface area (Å²) in [6, 6.07) is 9.88. The number of anilines is 1. The molecule has 0 spiro atoms. The van der Waals surface area contributed by atoms with Gasteiger partial charge in [0.05, 0.1) is 18.3 Å². The van der Waals surface area contributed by atoms with Gasteiger partial charge in [0.2, 0.25) is 0 Å². The Labute approximate surface area is 160 Å². The number of ether oxygens (including phenoxy) is 1. The summed E-state index contributed by atoms with van der Waals surface area (Å²) < 4.78 is 6.01. The molecule has 0 radical (unpaired) electrons. The molecule has 3 heteroatoms. The van der Waals surface area contributed by atoms with Gasteiger partial charge in [-0.3, -0.25) is 0 Å². The monoisotopic (exact) mass is 356 g/mol. The first-order chi connectivity index (χ1) is 12.2. The largest absolute Gasteiger partial charge is 0.399 e. The van der Waals surface area contributed by atoms with Crippen molar-refractivity contribution >= 4 is 11.8 Å². The van der Waals surface area contributed by atoms with Crippen molar-refractivity contribution in [2.24, 2.45) is 5.41 Å². The molecule has 26 heavy (non-hydrogen) atoms. The second kappa shape index (κ2) is 11.5. The van der Waals surface area contributed by atoms with E-state index in [1.807, 2.05) is 51.1 Å². The van der Waals surface area contributed by atoms with Crippen LogP contribution in [0.1, 0.15) is 66.9 Å². The van der Waals surface area contributed by atoms with E-state index in [9.17, 15) is 0 Å². The van der Waals surface area contributed by atoms with Gasteiger partial charge in [0.25, 0.3) is 0 Å². The van der Waals surface area contributed by atoms with E-state index < -0.39 is 0 Å². The molecule has 1 aromatic rings. The average molecular weight is 357 g/mol. The maximum Gasteiger partial charge on any atom is 0.0940 e. The molecule has 1 atom stereocenters. The number of nitrogens with two attached hydrogens (primary N) is 1. The van der Waals surface area contributed by atoms with Crippen LogP contribution in [0.3, 0.4) is 0 Å². The molecule has 1 saturated heterocycles. The van der Waals surface area contributed by atoms with Gasteiger partial charge in [-0.25, -0.2) is 0 Å². The minimum Gasteiger partial charge on any atom is -0.399 e. The van der Waals surface area contributed by atoms with E-state index in [0.717, 1.165) is 24.3 Å². The number of rotatable bonds is 2. The van der Waals surface area contributed by atoms with Crippen molar-refractivity contribution < 1.29 is 4.74 Å². The number of nitrogen functional groups attached to an aromatic ring is 1. The van der Waals surface area contributed by atoms with Gasteiger partial charge in [-0.2, -0.15) is 5.26 Å². The van der Waals surface area contributed by atoms with Gasteiger partial charge in [0, 0.05) is 11.3 Å². The quantitative estimate of drug-likeness (QED) is 0.494. The summed E-state index contributed by atoms with van der Waals surface area (Å²) in [6.07, 6.45) is 8.35. The molecule has 1 aromatic carbocycles. The second-order valence-electron chi connectivity index (χ2n) is 7.35. The van der Waals surface area contributed by atoms with Crippen LogP contribution in [0.25, 0.3) is 6.08 Å². The Morgan fingerprint density at radius 2 is 1.73 bits per heavy atom. The molecular weight excluding hydrogens is 320 g/mol. The highest BCUT2D eigenvalue weighted by Gasteiger charge is 2.33. The fourth-order valence-electron chi connectivity index (χ4n) is 2.17. The molecule has 2 N–H and O–H groups in total. The van der Waals surface area contributed by atoms with Crippen molar-refractivity contribution in [2.75, 3.05) is 12.3 Å². The van der Waals surface area contributed by atoms with Gasteiger partial charge in [-0.05, 0) is 56.7 Å². The zero-order chi connectivity index (χ0) is 20.2. The van der Waals surface area contributed by atoms with Gasteiger partial charge < -0.3 is 10.5 Å². The second-order valence-corrected chi connectivity index (χ2v) is 7.35. The Kier molecular flexibility index (Phi) is 10.6. The molecule has 0 aliphatic carbocycles. The zero-order valence-corrected chi connectivity index (χ0v) is 17.6. The zero-order valence-electron chi connectivity index (χ0n) is 17.6. The van der Waals surface area contributed by atoms with Gasteiger partial charge in [-0.1, -0.05) is 58.1 Å². The molecule has 0 saturated carbocycles. The number of hydrogen-bond acceptors (Lipinski definition) is 3. The van der Waals surface area contributed by atoms with E-state index in [-0.39, 0.29) is 5.60 Å². The molecule has 3 nitrogen and oxygen atoms in total. The summed E-state index contributed by atoms with van der Waals surface area (Å²) in [7, 11) is 0. The number of nitrogens with zero attached hydrogens (tertiary/aromatic N) is 1. The Morgan fingerprint density at radius 1 is 1.15 bits per heavy atom. The molecular formula is C23H36N2O. The predicted octanol–water partition coefficient (Wildman–Crippen LogP) is 6.38. The first kappa shape index (κ1) is 23.9. The molecule has 0 bridgehead atoms. The summed E-state index contributed by atoms with van der Waals surface area (Å²) in [5.74, 6) is 0. The van der Waals surface area contributed by atoms with E-state index in [1.165, 1.54) is 12.0 Å². The minimum atomic E-state index is -0.128. The highest BCUT2D eigenvalue weighted by Crippen LogP contribution is 2.36. The molecule has 1 aliphatic rings. The number of nitriles is 1. The van der Waals surface area contributed by atoms with Crippen molar-refractivity contribution in [2.45, 2.75) is 66.9 Å². The Bertz CT molecular complexity index is 609. The van der Waals surface area contributed by atoms with E-state index >= 15 is 0 Å². The van der Waals surface area contributed by atoms with Crippen LogP contribution in [0.4, 0.5) is 5.69 Å². The molecule has 1 heterocycles. The first-order valence-corrected chi connectivity index (χ1v) is 9.41. The fraction of sp³-hybridized carbons (Fsp3) is 0.522. The minimum absolute atomic E-state index is 0.128. The van der Waals surface area contributed by atoms with Crippen molar-refractivity contribution in [1.29, 1.82) is 5.26 Å². The van der Waals surface area contributed by atoms with Crippen LogP contribution < -0.4 is 5.73 Å². The lowest BCUT2D eigenvalue weighted by atomic mass is 9.81. The summed E-state index contributed by atoms with van der Waals surface area (Å²) in [5, 5.41) is 8.02. The van der Waals surface area contributed by atoms with Crippen molar-refractivity contribution in [3.05, 3.63) is 47.6 Å². The highest BCUT2D eigenvalue weighted by molar-refractivity contribution is 5.54. The van der Waals surface area contributed by atoms with Crippen molar-refractivity contribution in [3.8, 4) is 6.07 Å². The first-order valence-electron chi connectivity index (χ1n) is 9.41. The summed E-state index contributed by atoms with van der Waals surface area (Å²) in [4.78, 5) is 0. The lowest BCUT2D eigenvalue weighted by Crippen LogP contribution is -2.38. The SMILES string of the molecule is C/C=C(\C)C#N.CC.CC1(C)CCC(C)(/C=C/c2ccc(N)cc2)OC1. The lowest BCUT2D eigenvalue weighted by molar-refractivity contribution is -0.0844. The van der Waals surface area contributed by atoms with Gasteiger partial charge in [0.15, 0.2) is 0 Å². The summed E-state index contributed by atoms with van der Waals surface area (Å²) >= 11 is 0. The number of benzene rings is 1. The third-order valence-electron chi connectivity index (χ3n) is 4.26. The number of hydrogen-bond donors (Lipinski definition) is 1. The molecule has 144 valence electrons. The Morgan fingerprint density at radius 3 is 2.12 bits per heavy atom. The Balaban J connectivity index is 0.000000667. The molecule has 1 unspecified atom stereocenters. The maximum absolute atomic E-state index is 8.02. The van der Waals surface area contributed by atoms with Crippen LogP contribution in [-0.4, -0.2) is 12.2 Å². The summed E-state index contributed by atoms with van der Waals surface area (Å²) in [5.41, 5.74) is 8.60. The average Bonchev–Trinajstić information content (AvgIpc) is 2.66. The van der Waals surface area contributed by atoms with Crippen LogP contribution >= 0.6 is 0 Å². The fourth-order valence-corrected chi connectivity index (χ4v) is 2.17. The van der Waals surface area contributed by atoms with E-state index in [1.54, 1.807) is 13.0 Å². The highest BCUT2D eigenvalue weighted by atomic mass is 16.5. The van der Waals surface area contributed by atoms with Crippen LogP contribution in [0, 0.1) is 16.7 Å². The standard InChI is InChI=1S/C16H23NO.C5H7N.C2H6/c1-15(2)10-11-16(3,18-12-15)9-8-13-4-6-14(17)7-5-13;1-3-5(2)4-6;1-2/h4-9H,10-12,17H2,1-3H3;3H,1-2H3;1-2H3/b9-8+;5-3+;. The number of allylic oxidation sites excluding steroid dienone is 2. The van der Waals surface area contributed by atoms with E-state index in [2.05, 4.69) is 32.9 Å². The molecule has 0 aromatic heterocycles. The van der Waals surface area contributed by atoms with E-state index in [0.29, 0.717) is 5.41 Å². The third kappa shape index (κ3) is 9.44. The van der Waals surface area contributed by atoms with Crippen LogP contribution in [0.5, 0.6) is 0 Å². The van der Waals surface area contributed by atoms with E-state index in [4.69, 9.17) is 15.7 Å². The molecule has 1 aliphatic heterocycles. The maximum atomic E-state index is 8.02. The van der Waals surface area contributed by atoms with Crippen molar-refractivity contribution in [3.63, 3.8) is 0 Å². The van der Waals surface area contributed by atoms with Crippen LogP contribution in [0.15, 0.2) is 42.0 Å². The van der Waals surface area contributed by atoms with Gasteiger partial charge in [-0.15, -0.1) is 0 Å². The summed E-state index contributed by atoms with van der Waals surface area (Å²) in [6.45, 7) is 15.1. The van der Waals surface area contributed by atoms with Crippen molar-refractivity contribution in [1.82, 2.24) is 0 Å². The predicted molar refractivity (Wildman–Crippen MR) is 114 cm³/mol. The lowest BCUT2D eigenvalue weighted by Gasteiger charge is -2.40. The normalized spacial score (nSPS) is 21.7. The Hall–Kier alpha value is -2.05. The molecule has 1 fully saturated rings. The van der Waals surface area contributed by atoms with Crippen LogP contribution in [-0.2, 0) is 4.74 Å². The molecule has 0 amide bonds. The van der Waals surface area contributed by atoms with Gasteiger partial charge >= 0.3 is 0 Å². The topological polar surface area (TPSA) is 59.0 Å². The molecule has 2 rings (SSSR count).